The van der Waals surface area contributed by atoms with Gasteiger partial charge in [0.05, 0.1) is 11.6 Å². The number of rotatable bonds is 3. The van der Waals surface area contributed by atoms with Crippen molar-refractivity contribution in [1.82, 2.24) is 4.57 Å². The van der Waals surface area contributed by atoms with E-state index in [1.54, 1.807) is 17.7 Å². The maximum atomic E-state index is 12.0. The fourth-order valence-electron chi connectivity index (χ4n) is 2.12. The Kier molecular flexibility index (Phi) is 4.11. The number of pyridine rings is 1. The Bertz CT molecular complexity index is 626. The van der Waals surface area contributed by atoms with E-state index in [0.29, 0.717) is 11.5 Å². The van der Waals surface area contributed by atoms with Gasteiger partial charge in [-0.25, -0.2) is 0 Å². The summed E-state index contributed by atoms with van der Waals surface area (Å²) in [5.41, 5.74) is 3.86. The van der Waals surface area contributed by atoms with Crippen molar-refractivity contribution < 1.29 is 0 Å². The zero-order chi connectivity index (χ0) is 14.0. The molecule has 0 bridgehead atoms. The van der Waals surface area contributed by atoms with Gasteiger partial charge in [0.2, 0.25) is 0 Å². The molecule has 0 unspecified atom stereocenters. The van der Waals surface area contributed by atoms with Crippen LogP contribution in [0.5, 0.6) is 0 Å². The summed E-state index contributed by atoms with van der Waals surface area (Å²) in [5.74, 6) is 0.760. The second kappa shape index (κ2) is 5.62. The first-order chi connectivity index (χ1) is 9.04. The van der Waals surface area contributed by atoms with Crippen molar-refractivity contribution >= 4 is 11.6 Å². The smallest absolute Gasteiger partial charge is 0.255 e. The van der Waals surface area contributed by atoms with E-state index < -0.39 is 0 Å². The average molecular weight is 276 g/mol. The number of nitrogens with zero attached hydrogens (tertiary/aromatic N) is 1. The third-order valence-corrected chi connectivity index (χ3v) is 3.69. The van der Waals surface area contributed by atoms with Crippen molar-refractivity contribution in [2.75, 3.05) is 0 Å². The third kappa shape index (κ3) is 2.74. The standard InChI is InChI=1S/C16H18ClNO/c1-11(2)12-4-6-13(7-5-12)15-9-8-14(10-17)16(19)18(15)3/h4-9,11H,10H2,1-3H3. The van der Waals surface area contributed by atoms with Gasteiger partial charge in [-0.05, 0) is 23.1 Å². The second-order valence-corrected chi connectivity index (χ2v) is 5.29. The summed E-state index contributed by atoms with van der Waals surface area (Å²) < 4.78 is 1.65. The Morgan fingerprint density at radius 1 is 1.11 bits per heavy atom. The highest BCUT2D eigenvalue weighted by Gasteiger charge is 2.07. The highest BCUT2D eigenvalue weighted by atomic mass is 35.5. The molecule has 19 heavy (non-hydrogen) atoms. The van der Waals surface area contributed by atoms with Crippen LogP contribution in [0.4, 0.5) is 0 Å². The molecule has 3 heteroatoms. The minimum atomic E-state index is -0.0274. The Morgan fingerprint density at radius 3 is 2.26 bits per heavy atom. The molecule has 0 aliphatic heterocycles. The molecule has 0 atom stereocenters. The summed E-state index contributed by atoms with van der Waals surface area (Å²) in [6.07, 6.45) is 0. The normalized spacial score (nSPS) is 11.0. The van der Waals surface area contributed by atoms with E-state index in [1.807, 2.05) is 6.07 Å². The monoisotopic (exact) mass is 275 g/mol. The van der Waals surface area contributed by atoms with Crippen molar-refractivity contribution in [3.63, 3.8) is 0 Å². The molecule has 2 nitrogen and oxygen atoms in total. The lowest BCUT2D eigenvalue weighted by Crippen LogP contribution is -2.21. The van der Waals surface area contributed by atoms with Crippen LogP contribution < -0.4 is 5.56 Å². The molecule has 0 N–H and O–H groups in total. The Labute approximate surface area is 118 Å². The lowest BCUT2D eigenvalue weighted by Gasteiger charge is -2.11. The van der Waals surface area contributed by atoms with Crippen LogP contribution in [0.3, 0.4) is 0 Å². The molecule has 0 saturated carbocycles. The molecule has 0 amide bonds. The van der Waals surface area contributed by atoms with Gasteiger partial charge in [-0.3, -0.25) is 4.79 Å². The van der Waals surface area contributed by atoms with Crippen LogP contribution in [-0.2, 0) is 12.9 Å². The van der Waals surface area contributed by atoms with Gasteiger partial charge in [-0.15, -0.1) is 11.6 Å². The fourth-order valence-corrected chi connectivity index (χ4v) is 2.32. The molecule has 0 aliphatic rings. The van der Waals surface area contributed by atoms with Gasteiger partial charge in [0.15, 0.2) is 0 Å². The summed E-state index contributed by atoms with van der Waals surface area (Å²) in [4.78, 5) is 12.0. The SMILES string of the molecule is CC(C)c1ccc(-c2ccc(CCl)c(=O)n2C)cc1. The summed E-state index contributed by atoms with van der Waals surface area (Å²) in [6.45, 7) is 4.33. The number of hydrogen-bond donors (Lipinski definition) is 0. The number of hydrogen-bond acceptors (Lipinski definition) is 1. The molecule has 2 rings (SSSR count). The molecule has 2 aromatic rings. The van der Waals surface area contributed by atoms with Crippen molar-refractivity contribution in [3.8, 4) is 11.3 Å². The maximum Gasteiger partial charge on any atom is 0.255 e. The minimum Gasteiger partial charge on any atom is -0.311 e. The summed E-state index contributed by atoms with van der Waals surface area (Å²) in [6, 6.07) is 12.1. The largest absolute Gasteiger partial charge is 0.311 e. The van der Waals surface area contributed by atoms with Crippen molar-refractivity contribution in [1.29, 1.82) is 0 Å². The highest BCUT2D eigenvalue weighted by Crippen LogP contribution is 2.21. The van der Waals surface area contributed by atoms with Crippen molar-refractivity contribution in [3.05, 3.63) is 57.9 Å². The van der Waals surface area contributed by atoms with Crippen LogP contribution in [0, 0.1) is 0 Å². The second-order valence-electron chi connectivity index (χ2n) is 5.02. The van der Waals surface area contributed by atoms with Crippen LogP contribution in [-0.4, -0.2) is 4.57 Å². The number of benzene rings is 1. The van der Waals surface area contributed by atoms with Gasteiger partial charge in [0, 0.05) is 12.6 Å². The van der Waals surface area contributed by atoms with Crippen molar-refractivity contribution in [2.45, 2.75) is 25.6 Å². The van der Waals surface area contributed by atoms with Gasteiger partial charge in [0.25, 0.3) is 5.56 Å². The molecule has 100 valence electrons. The number of halogens is 1. The molecule has 1 aromatic carbocycles. The van der Waals surface area contributed by atoms with E-state index in [2.05, 4.69) is 38.1 Å². The van der Waals surface area contributed by atoms with Crippen LogP contribution in [0.25, 0.3) is 11.3 Å². The topological polar surface area (TPSA) is 22.0 Å². The Hall–Kier alpha value is -1.54. The van der Waals surface area contributed by atoms with E-state index >= 15 is 0 Å². The van der Waals surface area contributed by atoms with Gasteiger partial charge in [-0.1, -0.05) is 44.2 Å². The summed E-state index contributed by atoms with van der Waals surface area (Å²) in [7, 11) is 1.78. The van der Waals surface area contributed by atoms with Gasteiger partial charge in [0.1, 0.15) is 0 Å². The first-order valence-electron chi connectivity index (χ1n) is 6.39. The van der Waals surface area contributed by atoms with E-state index in [-0.39, 0.29) is 11.4 Å². The van der Waals surface area contributed by atoms with Crippen LogP contribution in [0.15, 0.2) is 41.2 Å². The average Bonchev–Trinajstić information content (AvgIpc) is 2.42. The molecule has 1 aromatic heterocycles. The van der Waals surface area contributed by atoms with Crippen LogP contribution in [0.2, 0.25) is 0 Å². The van der Waals surface area contributed by atoms with Gasteiger partial charge < -0.3 is 4.57 Å². The van der Waals surface area contributed by atoms with E-state index in [9.17, 15) is 4.79 Å². The first-order valence-corrected chi connectivity index (χ1v) is 6.93. The van der Waals surface area contributed by atoms with Crippen LogP contribution in [0.1, 0.15) is 30.9 Å². The number of aromatic nitrogens is 1. The third-order valence-electron chi connectivity index (χ3n) is 3.40. The van der Waals surface area contributed by atoms with Gasteiger partial charge >= 0.3 is 0 Å². The molecule has 0 radical (unpaired) electrons. The predicted octanol–water partition coefficient (Wildman–Crippen LogP) is 3.91. The minimum absolute atomic E-state index is 0.0274. The van der Waals surface area contributed by atoms with Crippen LogP contribution >= 0.6 is 11.6 Å². The fraction of sp³-hybridized carbons (Fsp3) is 0.312. The van der Waals surface area contributed by atoms with E-state index in [4.69, 9.17) is 11.6 Å². The predicted molar refractivity (Wildman–Crippen MR) is 80.8 cm³/mol. The van der Waals surface area contributed by atoms with E-state index in [0.717, 1.165) is 11.3 Å². The summed E-state index contributed by atoms with van der Waals surface area (Å²) >= 11 is 5.74. The molecular formula is C16H18ClNO. The highest BCUT2D eigenvalue weighted by molar-refractivity contribution is 6.17. The Balaban J connectivity index is 2.48. The number of alkyl halides is 1. The molecule has 0 fully saturated rings. The van der Waals surface area contributed by atoms with E-state index in [1.165, 1.54) is 5.56 Å². The molecule has 0 saturated heterocycles. The molecular weight excluding hydrogens is 258 g/mol. The first kappa shape index (κ1) is 13.9. The zero-order valence-electron chi connectivity index (χ0n) is 11.5. The summed E-state index contributed by atoms with van der Waals surface area (Å²) in [5, 5.41) is 0. The van der Waals surface area contributed by atoms with Crippen molar-refractivity contribution in [2.24, 2.45) is 7.05 Å². The lowest BCUT2D eigenvalue weighted by atomic mass is 10.0. The lowest BCUT2D eigenvalue weighted by molar-refractivity contribution is 0.853. The maximum absolute atomic E-state index is 12.0. The quantitative estimate of drug-likeness (QED) is 0.779. The zero-order valence-corrected chi connectivity index (χ0v) is 12.2. The molecule has 0 aliphatic carbocycles. The Morgan fingerprint density at radius 2 is 1.74 bits per heavy atom. The molecule has 0 spiro atoms. The van der Waals surface area contributed by atoms with Gasteiger partial charge in [-0.2, -0.15) is 0 Å². The molecule has 1 heterocycles.